The van der Waals surface area contributed by atoms with Crippen molar-refractivity contribution in [3.05, 3.63) is 107 Å². The van der Waals surface area contributed by atoms with Gasteiger partial charge in [0.05, 0.1) is 12.8 Å². The fourth-order valence-corrected chi connectivity index (χ4v) is 3.26. The first-order valence-electron chi connectivity index (χ1n) is 10.1. The largest absolute Gasteiger partial charge is 0.423 e. The fraction of sp³-hybridized carbons (Fsp3) is 0.115. The van der Waals surface area contributed by atoms with E-state index in [2.05, 4.69) is 15.1 Å². The van der Waals surface area contributed by atoms with Crippen LogP contribution >= 0.6 is 0 Å². The van der Waals surface area contributed by atoms with Gasteiger partial charge < -0.3 is 9.73 Å². The molecule has 1 heterocycles. The molecule has 1 N–H and O–H groups in total. The van der Waals surface area contributed by atoms with Gasteiger partial charge in [-0.15, -0.1) is 0 Å². The summed E-state index contributed by atoms with van der Waals surface area (Å²) in [5, 5.41) is 3.14. The molecule has 0 amide bonds. The number of rotatable bonds is 7. The van der Waals surface area contributed by atoms with Gasteiger partial charge in [0.25, 0.3) is 6.01 Å². The van der Waals surface area contributed by atoms with E-state index in [0.717, 1.165) is 22.4 Å². The van der Waals surface area contributed by atoms with Gasteiger partial charge in [0, 0.05) is 23.2 Å². The molecule has 0 saturated carbocycles. The molecular formula is C26H20FN3O2. The van der Waals surface area contributed by atoms with Crippen molar-refractivity contribution in [3.63, 3.8) is 0 Å². The number of Topliss-reactive ketones (excluding diaryl/α,β-unsaturated/α-hetero) is 1. The van der Waals surface area contributed by atoms with Crippen molar-refractivity contribution in [3.8, 4) is 11.3 Å². The van der Waals surface area contributed by atoms with Gasteiger partial charge in [0.15, 0.2) is 17.2 Å². The van der Waals surface area contributed by atoms with Crippen molar-refractivity contribution >= 4 is 23.2 Å². The zero-order valence-electron chi connectivity index (χ0n) is 17.4. The predicted octanol–water partition coefficient (Wildman–Crippen LogP) is 6.90. The van der Waals surface area contributed by atoms with Crippen molar-refractivity contribution < 1.29 is 13.6 Å². The van der Waals surface area contributed by atoms with E-state index in [9.17, 15) is 9.18 Å². The van der Waals surface area contributed by atoms with Crippen molar-refractivity contribution in [2.75, 3.05) is 5.32 Å². The third-order valence-corrected chi connectivity index (χ3v) is 5.14. The molecule has 1 aromatic heterocycles. The Hall–Kier alpha value is -4.24. The quantitative estimate of drug-likeness (QED) is 0.258. The van der Waals surface area contributed by atoms with Gasteiger partial charge in [-0.25, -0.2) is 14.2 Å². The standard InChI is InChI=1S/C26H20FN3O2/c1-17-3-7-20(24(31)14-6-18-4-10-21(27)11-5-18)15-23(17)30-26-29-16-25(32-26)19-8-12-22(28-2)13-9-19/h3-5,7-13,15-16H,6,14H2,1H3,(H,29,30). The topological polar surface area (TPSA) is 59.5 Å². The highest BCUT2D eigenvalue weighted by atomic mass is 19.1. The molecule has 0 radical (unpaired) electrons. The average molecular weight is 425 g/mol. The van der Waals surface area contributed by atoms with E-state index in [1.54, 1.807) is 42.6 Å². The third-order valence-electron chi connectivity index (χ3n) is 5.14. The Morgan fingerprint density at radius 3 is 2.56 bits per heavy atom. The molecule has 32 heavy (non-hydrogen) atoms. The Morgan fingerprint density at radius 2 is 1.84 bits per heavy atom. The number of ketones is 1. The lowest BCUT2D eigenvalue weighted by Crippen LogP contribution is -2.03. The smallest absolute Gasteiger partial charge is 0.299 e. The normalized spacial score (nSPS) is 10.5. The van der Waals surface area contributed by atoms with E-state index in [-0.39, 0.29) is 11.6 Å². The Kier molecular flexibility index (Phi) is 6.09. The van der Waals surface area contributed by atoms with Crippen LogP contribution in [-0.4, -0.2) is 10.8 Å². The second kappa shape index (κ2) is 9.27. The lowest BCUT2D eigenvalue weighted by molar-refractivity contribution is 0.0983. The molecule has 0 aliphatic heterocycles. The van der Waals surface area contributed by atoms with E-state index in [1.165, 1.54) is 12.1 Å². The number of nitrogens with zero attached hydrogens (tertiary/aromatic N) is 2. The minimum atomic E-state index is -0.288. The van der Waals surface area contributed by atoms with Crippen LogP contribution < -0.4 is 5.32 Å². The first kappa shape index (κ1) is 21.0. The van der Waals surface area contributed by atoms with Crippen molar-refractivity contribution in [1.82, 2.24) is 4.98 Å². The minimum absolute atomic E-state index is 0.00497. The van der Waals surface area contributed by atoms with Crippen LogP contribution in [0.2, 0.25) is 0 Å². The van der Waals surface area contributed by atoms with E-state index in [0.29, 0.717) is 35.9 Å². The molecule has 0 bridgehead atoms. The minimum Gasteiger partial charge on any atom is -0.423 e. The Bertz CT molecular complexity index is 1290. The number of nitrogens with one attached hydrogen (secondary N) is 1. The summed E-state index contributed by atoms with van der Waals surface area (Å²) in [6.45, 7) is 8.97. The van der Waals surface area contributed by atoms with E-state index >= 15 is 0 Å². The second-order valence-electron chi connectivity index (χ2n) is 7.39. The summed E-state index contributed by atoms with van der Waals surface area (Å²) in [5.74, 6) is 0.294. The maximum absolute atomic E-state index is 13.0. The molecule has 158 valence electrons. The Balaban J connectivity index is 1.45. The maximum Gasteiger partial charge on any atom is 0.299 e. The number of carbonyl (C=O) groups excluding carboxylic acids is 1. The zero-order chi connectivity index (χ0) is 22.5. The van der Waals surface area contributed by atoms with Crippen LogP contribution in [0.3, 0.4) is 0 Å². The molecule has 0 spiro atoms. The number of oxazole rings is 1. The zero-order valence-corrected chi connectivity index (χ0v) is 17.4. The molecule has 0 atom stereocenters. The molecule has 5 nitrogen and oxygen atoms in total. The molecule has 0 aliphatic carbocycles. The number of carbonyl (C=O) groups is 1. The maximum atomic E-state index is 13.0. The molecule has 0 saturated heterocycles. The highest BCUT2D eigenvalue weighted by Gasteiger charge is 2.12. The summed E-state index contributed by atoms with van der Waals surface area (Å²) in [7, 11) is 0. The fourth-order valence-electron chi connectivity index (χ4n) is 3.26. The average Bonchev–Trinajstić information content (AvgIpc) is 3.28. The number of aromatic nitrogens is 1. The lowest BCUT2D eigenvalue weighted by atomic mass is 10.0. The summed E-state index contributed by atoms with van der Waals surface area (Å²) in [4.78, 5) is 20.3. The summed E-state index contributed by atoms with van der Waals surface area (Å²) >= 11 is 0. The molecule has 0 fully saturated rings. The van der Waals surface area contributed by atoms with Crippen LogP contribution in [0.1, 0.15) is 27.9 Å². The lowest BCUT2D eigenvalue weighted by Gasteiger charge is -2.09. The van der Waals surface area contributed by atoms with Gasteiger partial charge in [-0.05, 0) is 42.7 Å². The molecule has 6 heteroatoms. The number of benzene rings is 3. The van der Waals surface area contributed by atoms with E-state index in [4.69, 9.17) is 11.0 Å². The molecule has 3 aromatic carbocycles. The number of halogens is 1. The van der Waals surface area contributed by atoms with E-state index < -0.39 is 0 Å². The van der Waals surface area contributed by atoms with Crippen LogP contribution in [0.25, 0.3) is 16.2 Å². The van der Waals surface area contributed by atoms with Gasteiger partial charge in [-0.1, -0.05) is 48.5 Å². The molecule has 4 rings (SSSR count). The van der Waals surface area contributed by atoms with Gasteiger partial charge in [0.1, 0.15) is 5.82 Å². The first-order valence-corrected chi connectivity index (χ1v) is 10.1. The SMILES string of the molecule is [C-]#[N+]c1ccc(-c2cnc(Nc3cc(C(=O)CCc4ccc(F)cc4)ccc3C)o2)cc1. The van der Waals surface area contributed by atoms with Crippen LogP contribution in [0.4, 0.5) is 21.8 Å². The summed E-state index contributed by atoms with van der Waals surface area (Å²) < 4.78 is 18.8. The summed E-state index contributed by atoms with van der Waals surface area (Å²) in [6.07, 6.45) is 2.49. The molecule has 0 aliphatic rings. The van der Waals surface area contributed by atoms with Gasteiger partial charge in [0.2, 0.25) is 0 Å². The van der Waals surface area contributed by atoms with Crippen molar-refractivity contribution in [2.45, 2.75) is 19.8 Å². The second-order valence-corrected chi connectivity index (χ2v) is 7.39. The Morgan fingerprint density at radius 1 is 1.09 bits per heavy atom. The molecule has 4 aromatic rings. The Labute approximate surface area is 185 Å². The summed E-state index contributed by atoms with van der Waals surface area (Å²) in [6, 6.07) is 19.0. The van der Waals surface area contributed by atoms with Crippen molar-refractivity contribution in [1.29, 1.82) is 0 Å². The number of anilines is 2. The highest BCUT2D eigenvalue weighted by Crippen LogP contribution is 2.28. The van der Waals surface area contributed by atoms with Crippen LogP contribution in [-0.2, 0) is 6.42 Å². The van der Waals surface area contributed by atoms with Gasteiger partial charge in [-0.2, -0.15) is 0 Å². The number of hydrogen-bond acceptors (Lipinski definition) is 4. The van der Waals surface area contributed by atoms with E-state index in [1.807, 2.05) is 25.1 Å². The molecule has 0 unspecified atom stereocenters. The summed E-state index contributed by atoms with van der Waals surface area (Å²) in [5.41, 5.74) is 4.56. The van der Waals surface area contributed by atoms with Crippen molar-refractivity contribution in [2.24, 2.45) is 0 Å². The van der Waals surface area contributed by atoms with Gasteiger partial charge in [-0.3, -0.25) is 4.79 Å². The third kappa shape index (κ3) is 4.90. The van der Waals surface area contributed by atoms with Crippen LogP contribution in [0.5, 0.6) is 0 Å². The monoisotopic (exact) mass is 425 g/mol. The number of aryl methyl sites for hydroxylation is 2. The number of hydrogen-bond donors (Lipinski definition) is 1. The highest BCUT2D eigenvalue weighted by molar-refractivity contribution is 5.97. The van der Waals surface area contributed by atoms with Crippen LogP contribution in [0, 0.1) is 19.3 Å². The van der Waals surface area contributed by atoms with Crippen LogP contribution in [0.15, 0.2) is 77.3 Å². The predicted molar refractivity (Wildman–Crippen MR) is 122 cm³/mol. The molecular weight excluding hydrogens is 405 g/mol. The first-order chi connectivity index (χ1) is 15.5. The van der Waals surface area contributed by atoms with Gasteiger partial charge >= 0.3 is 0 Å².